The third-order valence-electron chi connectivity index (χ3n) is 3.47. The van der Waals surface area contributed by atoms with Gasteiger partial charge in [0.2, 0.25) is 5.95 Å². The summed E-state index contributed by atoms with van der Waals surface area (Å²) in [6.45, 7) is 5.03. The van der Waals surface area contributed by atoms with Crippen molar-refractivity contribution in [1.29, 1.82) is 0 Å². The average Bonchev–Trinajstić information content (AvgIpc) is 2.57. The molecule has 0 fully saturated rings. The number of nitrogens with one attached hydrogen (secondary N) is 3. The molecule has 2 aromatic rings. The Hall–Kier alpha value is -1.77. The molecule has 0 saturated heterocycles. The molecule has 0 radical (unpaired) electrons. The summed E-state index contributed by atoms with van der Waals surface area (Å²) >= 11 is 11.8. The normalized spacial score (nSPS) is 11.7. The predicted molar refractivity (Wildman–Crippen MR) is 103 cm³/mol. The molecule has 148 valence electrons. The van der Waals surface area contributed by atoms with Crippen molar-refractivity contribution in [3.8, 4) is 0 Å². The maximum Gasteiger partial charge on any atom is 0.421 e. The summed E-state index contributed by atoms with van der Waals surface area (Å²) < 4.78 is 39.6. The maximum absolute atomic E-state index is 13.2. The third kappa shape index (κ3) is 6.71. The monoisotopic (exact) mass is 421 g/mol. The molecule has 1 heterocycles. The van der Waals surface area contributed by atoms with Crippen molar-refractivity contribution in [2.24, 2.45) is 0 Å². The molecular formula is C17H20Cl2F3N5. The van der Waals surface area contributed by atoms with E-state index in [0.29, 0.717) is 41.3 Å². The Balaban J connectivity index is 2.13. The SMILES string of the molecule is CC(C)NCCCNc1nc(Nc2ccc(Cl)c(Cl)c2)ncc1C(F)(F)F. The van der Waals surface area contributed by atoms with E-state index in [2.05, 4.69) is 25.9 Å². The first-order chi connectivity index (χ1) is 12.7. The Labute approximate surface area is 165 Å². The molecule has 1 aromatic heterocycles. The number of aromatic nitrogens is 2. The van der Waals surface area contributed by atoms with Crippen LogP contribution in [0.15, 0.2) is 24.4 Å². The molecule has 0 spiro atoms. The van der Waals surface area contributed by atoms with Crippen LogP contribution in [-0.4, -0.2) is 29.1 Å². The molecule has 0 aliphatic rings. The van der Waals surface area contributed by atoms with Gasteiger partial charge in [0.05, 0.1) is 10.0 Å². The van der Waals surface area contributed by atoms with Crippen LogP contribution < -0.4 is 16.0 Å². The summed E-state index contributed by atoms with van der Waals surface area (Å²) in [6, 6.07) is 5.05. The molecule has 10 heteroatoms. The summed E-state index contributed by atoms with van der Waals surface area (Å²) in [5.74, 6) is -0.256. The molecule has 0 unspecified atom stereocenters. The van der Waals surface area contributed by atoms with Crippen LogP contribution in [0.4, 0.5) is 30.6 Å². The van der Waals surface area contributed by atoms with Gasteiger partial charge in [-0.3, -0.25) is 0 Å². The van der Waals surface area contributed by atoms with Gasteiger partial charge in [-0.1, -0.05) is 37.0 Å². The number of rotatable bonds is 8. The van der Waals surface area contributed by atoms with Gasteiger partial charge >= 0.3 is 6.18 Å². The van der Waals surface area contributed by atoms with E-state index < -0.39 is 11.7 Å². The van der Waals surface area contributed by atoms with E-state index in [0.717, 1.165) is 6.20 Å². The smallest absolute Gasteiger partial charge is 0.369 e. The number of benzene rings is 1. The number of hydrogen-bond acceptors (Lipinski definition) is 5. The Kier molecular flexibility index (Phi) is 7.52. The van der Waals surface area contributed by atoms with Crippen molar-refractivity contribution >= 4 is 40.7 Å². The van der Waals surface area contributed by atoms with Gasteiger partial charge in [-0.25, -0.2) is 4.98 Å². The second-order valence-corrected chi connectivity index (χ2v) is 6.91. The van der Waals surface area contributed by atoms with E-state index in [1.54, 1.807) is 12.1 Å². The Morgan fingerprint density at radius 2 is 1.85 bits per heavy atom. The zero-order valence-electron chi connectivity index (χ0n) is 14.8. The van der Waals surface area contributed by atoms with Gasteiger partial charge in [-0.2, -0.15) is 18.2 Å². The number of nitrogens with zero attached hydrogens (tertiary/aromatic N) is 2. The van der Waals surface area contributed by atoms with E-state index in [-0.39, 0.29) is 11.8 Å². The molecule has 3 N–H and O–H groups in total. The fourth-order valence-electron chi connectivity index (χ4n) is 2.17. The fraction of sp³-hybridized carbons (Fsp3) is 0.412. The van der Waals surface area contributed by atoms with Gasteiger partial charge in [-0.15, -0.1) is 0 Å². The van der Waals surface area contributed by atoms with Crippen LogP contribution >= 0.6 is 23.2 Å². The quantitative estimate of drug-likeness (QED) is 0.501. The molecule has 27 heavy (non-hydrogen) atoms. The van der Waals surface area contributed by atoms with Crippen molar-refractivity contribution in [2.45, 2.75) is 32.5 Å². The summed E-state index contributed by atoms with van der Waals surface area (Å²) in [6.07, 6.45) is -3.16. The minimum atomic E-state index is -4.55. The Morgan fingerprint density at radius 3 is 2.48 bits per heavy atom. The second kappa shape index (κ2) is 9.43. The predicted octanol–water partition coefficient (Wildman–Crippen LogP) is 5.35. The van der Waals surface area contributed by atoms with Crippen LogP contribution in [-0.2, 0) is 6.18 Å². The highest BCUT2D eigenvalue weighted by Gasteiger charge is 2.35. The van der Waals surface area contributed by atoms with Gasteiger partial charge in [0.25, 0.3) is 0 Å². The highest BCUT2D eigenvalue weighted by molar-refractivity contribution is 6.42. The maximum atomic E-state index is 13.2. The molecule has 1 aromatic carbocycles. The van der Waals surface area contributed by atoms with Gasteiger partial charge in [0.1, 0.15) is 11.4 Å². The van der Waals surface area contributed by atoms with Crippen LogP contribution in [0.2, 0.25) is 10.0 Å². The van der Waals surface area contributed by atoms with Crippen LogP contribution in [0.1, 0.15) is 25.8 Å². The Morgan fingerprint density at radius 1 is 1.11 bits per heavy atom. The molecule has 5 nitrogen and oxygen atoms in total. The minimum Gasteiger partial charge on any atom is -0.369 e. The largest absolute Gasteiger partial charge is 0.421 e. The molecule has 0 saturated carbocycles. The van der Waals surface area contributed by atoms with Gasteiger partial charge < -0.3 is 16.0 Å². The van der Waals surface area contributed by atoms with Crippen molar-refractivity contribution in [3.05, 3.63) is 40.0 Å². The molecule has 0 atom stereocenters. The standard InChI is InChI=1S/C17H20Cl2F3N5/c1-10(2)23-6-3-7-24-15-12(17(20,21)22)9-25-16(27-15)26-11-4-5-13(18)14(19)8-11/h4-5,8-10,23H,3,6-7H2,1-2H3,(H2,24,25,26,27). The van der Waals surface area contributed by atoms with Crippen molar-refractivity contribution in [3.63, 3.8) is 0 Å². The summed E-state index contributed by atoms with van der Waals surface area (Å²) in [4.78, 5) is 7.72. The summed E-state index contributed by atoms with van der Waals surface area (Å²) in [5.41, 5.74) is -0.407. The Bertz CT molecular complexity index is 769. The molecule has 0 amide bonds. The van der Waals surface area contributed by atoms with E-state index in [4.69, 9.17) is 23.2 Å². The number of alkyl halides is 3. The fourth-order valence-corrected chi connectivity index (χ4v) is 2.47. The van der Waals surface area contributed by atoms with Crippen molar-refractivity contribution < 1.29 is 13.2 Å². The molecule has 0 aliphatic carbocycles. The highest BCUT2D eigenvalue weighted by atomic mass is 35.5. The lowest BCUT2D eigenvalue weighted by Crippen LogP contribution is -2.25. The second-order valence-electron chi connectivity index (χ2n) is 6.10. The number of hydrogen-bond donors (Lipinski definition) is 3. The minimum absolute atomic E-state index is 0.0178. The summed E-state index contributed by atoms with van der Waals surface area (Å²) in [5, 5.41) is 9.44. The first kappa shape index (κ1) is 21.5. The molecule has 0 aliphatic heterocycles. The van der Waals surface area contributed by atoms with Gasteiger partial charge in [-0.05, 0) is 31.2 Å². The number of anilines is 3. The average molecular weight is 422 g/mol. The highest BCUT2D eigenvalue weighted by Crippen LogP contribution is 2.34. The van der Waals surface area contributed by atoms with E-state index in [9.17, 15) is 13.2 Å². The zero-order valence-corrected chi connectivity index (χ0v) is 16.3. The number of halogens is 5. The van der Waals surface area contributed by atoms with E-state index >= 15 is 0 Å². The van der Waals surface area contributed by atoms with Crippen LogP contribution in [0.5, 0.6) is 0 Å². The molecular weight excluding hydrogens is 402 g/mol. The van der Waals surface area contributed by atoms with Crippen LogP contribution in [0.25, 0.3) is 0 Å². The van der Waals surface area contributed by atoms with Crippen molar-refractivity contribution in [1.82, 2.24) is 15.3 Å². The lowest BCUT2D eigenvalue weighted by molar-refractivity contribution is -0.137. The first-order valence-corrected chi connectivity index (χ1v) is 9.06. The van der Waals surface area contributed by atoms with E-state index in [1.165, 1.54) is 6.07 Å². The summed E-state index contributed by atoms with van der Waals surface area (Å²) in [7, 11) is 0. The van der Waals surface area contributed by atoms with Gasteiger partial charge in [0, 0.05) is 24.5 Å². The topological polar surface area (TPSA) is 61.9 Å². The van der Waals surface area contributed by atoms with Crippen LogP contribution in [0.3, 0.4) is 0 Å². The van der Waals surface area contributed by atoms with Gasteiger partial charge in [0.15, 0.2) is 0 Å². The lowest BCUT2D eigenvalue weighted by Gasteiger charge is -2.15. The first-order valence-electron chi connectivity index (χ1n) is 8.30. The van der Waals surface area contributed by atoms with E-state index in [1.807, 2.05) is 13.8 Å². The molecule has 2 rings (SSSR count). The van der Waals surface area contributed by atoms with Crippen LogP contribution in [0, 0.1) is 0 Å². The third-order valence-corrected chi connectivity index (χ3v) is 4.21. The lowest BCUT2D eigenvalue weighted by atomic mass is 10.3. The van der Waals surface area contributed by atoms with Crippen molar-refractivity contribution in [2.75, 3.05) is 23.7 Å². The zero-order chi connectivity index (χ0) is 20.0. The molecule has 0 bridgehead atoms.